The molecule has 0 saturated carbocycles. The number of carbonyl (C=O) groups excluding carboxylic acids is 2. The van der Waals surface area contributed by atoms with Crippen molar-refractivity contribution in [1.82, 2.24) is 5.32 Å². The summed E-state index contributed by atoms with van der Waals surface area (Å²) in [6.45, 7) is 5.50. The molecule has 0 aromatic heterocycles. The van der Waals surface area contributed by atoms with Crippen LogP contribution in [-0.4, -0.2) is 23.6 Å². The van der Waals surface area contributed by atoms with Gasteiger partial charge in [0.15, 0.2) is 5.78 Å². The molecule has 0 bridgehead atoms. The molecular formula is C9H16ClNO2. The fraction of sp³-hybridized carbons (Fsp3) is 0.778. The van der Waals surface area contributed by atoms with Crippen LogP contribution in [0.1, 0.15) is 27.2 Å². The van der Waals surface area contributed by atoms with Crippen molar-refractivity contribution in [1.29, 1.82) is 0 Å². The van der Waals surface area contributed by atoms with Crippen molar-refractivity contribution in [2.75, 3.05) is 5.88 Å². The lowest BCUT2D eigenvalue weighted by molar-refractivity contribution is -0.128. The van der Waals surface area contributed by atoms with Gasteiger partial charge in [0.2, 0.25) is 5.91 Å². The topological polar surface area (TPSA) is 46.2 Å². The third-order valence-corrected chi connectivity index (χ3v) is 2.02. The second-order valence-corrected chi connectivity index (χ2v) is 3.49. The number of hydrogen-bond acceptors (Lipinski definition) is 2. The zero-order valence-electron chi connectivity index (χ0n) is 8.26. The minimum absolute atomic E-state index is 0.0550. The van der Waals surface area contributed by atoms with Gasteiger partial charge in [-0.1, -0.05) is 20.8 Å². The Morgan fingerprint density at radius 3 is 2.23 bits per heavy atom. The maximum absolute atomic E-state index is 11.5. The van der Waals surface area contributed by atoms with Crippen LogP contribution in [0.2, 0.25) is 0 Å². The fourth-order valence-electron chi connectivity index (χ4n) is 1.01. The van der Waals surface area contributed by atoms with Gasteiger partial charge in [-0.3, -0.25) is 9.59 Å². The molecule has 0 saturated heterocycles. The number of nitrogens with one attached hydrogen (secondary N) is 1. The van der Waals surface area contributed by atoms with E-state index in [0.717, 1.165) is 0 Å². The summed E-state index contributed by atoms with van der Waals surface area (Å²) in [5.74, 6) is -0.383. The van der Waals surface area contributed by atoms with E-state index < -0.39 is 0 Å². The van der Waals surface area contributed by atoms with E-state index in [1.807, 2.05) is 20.8 Å². The number of halogens is 1. The highest BCUT2D eigenvalue weighted by atomic mass is 35.5. The van der Waals surface area contributed by atoms with Crippen LogP contribution in [0.15, 0.2) is 0 Å². The standard InChI is InChI=1S/C9H16ClNO2/c1-4-7(9(13)6(2)3)11-8(12)5-10/h6-7H,4-5H2,1-3H3,(H,11,12). The van der Waals surface area contributed by atoms with E-state index in [0.29, 0.717) is 6.42 Å². The molecule has 0 aliphatic rings. The molecule has 0 spiro atoms. The summed E-state index contributed by atoms with van der Waals surface area (Å²) in [6, 6.07) is -0.383. The van der Waals surface area contributed by atoms with E-state index in [4.69, 9.17) is 11.6 Å². The minimum atomic E-state index is -0.383. The first kappa shape index (κ1) is 12.4. The highest BCUT2D eigenvalue weighted by Crippen LogP contribution is 2.03. The van der Waals surface area contributed by atoms with Crippen molar-refractivity contribution in [2.24, 2.45) is 5.92 Å². The molecule has 0 heterocycles. The van der Waals surface area contributed by atoms with Crippen LogP contribution in [-0.2, 0) is 9.59 Å². The van der Waals surface area contributed by atoms with Crippen molar-refractivity contribution in [3.63, 3.8) is 0 Å². The van der Waals surface area contributed by atoms with Crippen molar-refractivity contribution >= 4 is 23.3 Å². The number of Topliss-reactive ketones (excluding diaryl/α,β-unsaturated/α-hetero) is 1. The van der Waals surface area contributed by atoms with Gasteiger partial charge < -0.3 is 5.32 Å². The number of hydrogen-bond donors (Lipinski definition) is 1. The number of carbonyl (C=O) groups is 2. The van der Waals surface area contributed by atoms with E-state index in [1.165, 1.54) is 0 Å². The van der Waals surface area contributed by atoms with Gasteiger partial charge in [-0.05, 0) is 6.42 Å². The monoisotopic (exact) mass is 205 g/mol. The molecule has 1 amide bonds. The molecule has 0 aromatic carbocycles. The van der Waals surface area contributed by atoms with Crippen LogP contribution in [0.25, 0.3) is 0 Å². The van der Waals surface area contributed by atoms with Crippen LogP contribution in [0.4, 0.5) is 0 Å². The second kappa shape index (κ2) is 5.97. The van der Waals surface area contributed by atoms with E-state index in [2.05, 4.69) is 5.32 Å². The normalized spacial score (nSPS) is 12.7. The Morgan fingerprint density at radius 2 is 1.92 bits per heavy atom. The summed E-state index contributed by atoms with van der Waals surface area (Å²) < 4.78 is 0. The van der Waals surface area contributed by atoms with Crippen LogP contribution in [0, 0.1) is 5.92 Å². The first-order valence-electron chi connectivity index (χ1n) is 4.42. The first-order valence-corrected chi connectivity index (χ1v) is 4.95. The van der Waals surface area contributed by atoms with Crippen molar-refractivity contribution in [3.8, 4) is 0 Å². The summed E-state index contributed by atoms with van der Waals surface area (Å²) in [5, 5.41) is 2.58. The molecule has 4 heteroatoms. The first-order chi connectivity index (χ1) is 6.02. The number of amides is 1. The van der Waals surface area contributed by atoms with Gasteiger partial charge in [0.25, 0.3) is 0 Å². The Morgan fingerprint density at radius 1 is 1.38 bits per heavy atom. The molecule has 0 fully saturated rings. The minimum Gasteiger partial charge on any atom is -0.345 e. The van der Waals surface area contributed by atoms with Crippen LogP contribution < -0.4 is 5.32 Å². The molecule has 76 valence electrons. The molecule has 0 radical (unpaired) electrons. The predicted octanol–water partition coefficient (Wildman–Crippen LogP) is 1.35. The lowest BCUT2D eigenvalue weighted by Crippen LogP contribution is -2.42. The van der Waals surface area contributed by atoms with Gasteiger partial charge in [-0.15, -0.1) is 11.6 Å². The van der Waals surface area contributed by atoms with Gasteiger partial charge in [0.1, 0.15) is 5.88 Å². The highest BCUT2D eigenvalue weighted by Gasteiger charge is 2.20. The molecule has 1 N–H and O–H groups in total. The molecule has 3 nitrogen and oxygen atoms in total. The van der Waals surface area contributed by atoms with Gasteiger partial charge in [-0.25, -0.2) is 0 Å². The third kappa shape index (κ3) is 4.27. The Kier molecular flexibility index (Phi) is 5.71. The second-order valence-electron chi connectivity index (χ2n) is 3.22. The molecule has 1 atom stereocenters. The summed E-state index contributed by atoms with van der Waals surface area (Å²) >= 11 is 5.31. The summed E-state index contributed by atoms with van der Waals surface area (Å²) in [4.78, 5) is 22.4. The molecule has 0 rings (SSSR count). The van der Waals surface area contributed by atoms with E-state index in [9.17, 15) is 9.59 Å². The van der Waals surface area contributed by atoms with Gasteiger partial charge >= 0.3 is 0 Å². The van der Waals surface area contributed by atoms with Crippen LogP contribution in [0.3, 0.4) is 0 Å². The summed E-state index contributed by atoms with van der Waals surface area (Å²) in [7, 11) is 0. The van der Waals surface area contributed by atoms with Gasteiger partial charge in [0, 0.05) is 5.92 Å². The number of rotatable bonds is 5. The molecular weight excluding hydrogens is 190 g/mol. The summed E-state index contributed by atoms with van der Waals surface area (Å²) in [5.41, 5.74) is 0. The van der Waals surface area contributed by atoms with Crippen LogP contribution >= 0.6 is 11.6 Å². The Balaban J connectivity index is 4.18. The Hall–Kier alpha value is -0.570. The maximum atomic E-state index is 11.5. The van der Waals surface area contributed by atoms with E-state index in [1.54, 1.807) is 0 Å². The van der Waals surface area contributed by atoms with Gasteiger partial charge in [0.05, 0.1) is 6.04 Å². The van der Waals surface area contributed by atoms with Crippen LogP contribution in [0.5, 0.6) is 0 Å². The predicted molar refractivity (Wildman–Crippen MR) is 52.8 cm³/mol. The van der Waals surface area contributed by atoms with E-state index >= 15 is 0 Å². The van der Waals surface area contributed by atoms with Gasteiger partial charge in [-0.2, -0.15) is 0 Å². The average Bonchev–Trinajstić information content (AvgIpc) is 2.12. The molecule has 13 heavy (non-hydrogen) atoms. The highest BCUT2D eigenvalue weighted by molar-refractivity contribution is 6.27. The summed E-state index contributed by atoms with van der Waals surface area (Å²) in [6.07, 6.45) is 0.611. The van der Waals surface area contributed by atoms with Crippen molar-refractivity contribution in [2.45, 2.75) is 33.2 Å². The quantitative estimate of drug-likeness (QED) is 0.689. The fourth-order valence-corrected chi connectivity index (χ4v) is 1.09. The Bertz CT molecular complexity index is 192. The lowest BCUT2D eigenvalue weighted by Gasteiger charge is -2.16. The lowest BCUT2D eigenvalue weighted by atomic mass is 10.00. The maximum Gasteiger partial charge on any atom is 0.235 e. The Labute approximate surface area is 83.8 Å². The smallest absolute Gasteiger partial charge is 0.235 e. The third-order valence-electron chi connectivity index (χ3n) is 1.78. The zero-order valence-corrected chi connectivity index (χ0v) is 9.02. The molecule has 0 aromatic rings. The average molecular weight is 206 g/mol. The van der Waals surface area contributed by atoms with Crippen molar-refractivity contribution in [3.05, 3.63) is 0 Å². The van der Waals surface area contributed by atoms with E-state index in [-0.39, 0.29) is 29.5 Å². The number of ketones is 1. The zero-order chi connectivity index (χ0) is 10.4. The molecule has 1 unspecified atom stereocenters. The number of alkyl halides is 1. The SMILES string of the molecule is CCC(NC(=O)CCl)C(=O)C(C)C. The molecule has 0 aliphatic carbocycles. The molecule has 0 aliphatic heterocycles. The largest absolute Gasteiger partial charge is 0.345 e. The van der Waals surface area contributed by atoms with Crippen molar-refractivity contribution < 1.29 is 9.59 Å².